The molecule has 7 heteroatoms. The molecular formula is C22H32N4O3. The molecule has 7 nitrogen and oxygen atoms in total. The van der Waals surface area contributed by atoms with Crippen LogP contribution >= 0.6 is 0 Å². The van der Waals surface area contributed by atoms with Gasteiger partial charge < -0.3 is 19.4 Å². The average Bonchev–Trinajstić information content (AvgIpc) is 3.00. The molecular weight excluding hydrogens is 368 g/mol. The van der Waals surface area contributed by atoms with Gasteiger partial charge in [-0.25, -0.2) is 9.97 Å². The Labute approximate surface area is 172 Å². The van der Waals surface area contributed by atoms with Crippen LogP contribution in [0.3, 0.4) is 0 Å². The Bertz CT molecular complexity index is 861. The number of amides is 1. The first-order valence-corrected chi connectivity index (χ1v) is 10.2. The molecule has 0 aliphatic carbocycles. The van der Waals surface area contributed by atoms with Crippen LogP contribution in [0.25, 0.3) is 0 Å². The van der Waals surface area contributed by atoms with Gasteiger partial charge in [-0.1, -0.05) is 20.8 Å². The number of hydrogen-bond acceptors (Lipinski definition) is 6. The van der Waals surface area contributed by atoms with E-state index < -0.39 is 0 Å². The lowest BCUT2D eigenvalue weighted by atomic mass is 9.95. The van der Waals surface area contributed by atoms with Crippen LogP contribution in [-0.4, -0.2) is 42.1 Å². The van der Waals surface area contributed by atoms with Crippen LogP contribution in [0.15, 0.2) is 16.5 Å². The SMILES string of the molecule is COCc1cc(N2CCC(NC(=O)c3cc(C)oc3C)CC2)nc(C(C)(C)C)n1. The monoisotopic (exact) mass is 400 g/mol. The number of carbonyl (C=O) groups excluding carboxylic acids is 1. The highest BCUT2D eigenvalue weighted by molar-refractivity contribution is 5.95. The zero-order valence-electron chi connectivity index (χ0n) is 18.3. The molecule has 0 spiro atoms. The zero-order valence-corrected chi connectivity index (χ0v) is 18.3. The fraction of sp³-hybridized carbons (Fsp3) is 0.591. The maximum absolute atomic E-state index is 12.6. The van der Waals surface area contributed by atoms with Crippen molar-refractivity contribution in [3.8, 4) is 0 Å². The second-order valence-corrected chi connectivity index (χ2v) is 8.79. The summed E-state index contributed by atoms with van der Waals surface area (Å²) in [6.07, 6.45) is 1.74. The van der Waals surface area contributed by atoms with Crippen LogP contribution in [-0.2, 0) is 16.8 Å². The molecule has 1 fully saturated rings. The molecule has 0 saturated carbocycles. The molecule has 158 valence electrons. The maximum Gasteiger partial charge on any atom is 0.255 e. The van der Waals surface area contributed by atoms with E-state index in [-0.39, 0.29) is 17.4 Å². The zero-order chi connectivity index (χ0) is 21.2. The summed E-state index contributed by atoms with van der Waals surface area (Å²) in [7, 11) is 1.68. The number of carbonyl (C=O) groups is 1. The van der Waals surface area contributed by atoms with E-state index in [2.05, 4.69) is 36.0 Å². The molecule has 1 aliphatic rings. The van der Waals surface area contributed by atoms with Crippen molar-refractivity contribution in [3.05, 3.63) is 40.7 Å². The van der Waals surface area contributed by atoms with Crippen LogP contribution in [0, 0.1) is 13.8 Å². The fourth-order valence-electron chi connectivity index (χ4n) is 3.57. The van der Waals surface area contributed by atoms with E-state index in [1.807, 2.05) is 19.9 Å². The van der Waals surface area contributed by atoms with E-state index in [9.17, 15) is 4.79 Å². The summed E-state index contributed by atoms with van der Waals surface area (Å²) in [5, 5.41) is 3.15. The lowest BCUT2D eigenvalue weighted by Gasteiger charge is -2.34. The summed E-state index contributed by atoms with van der Waals surface area (Å²) in [5.41, 5.74) is 1.38. The van der Waals surface area contributed by atoms with Gasteiger partial charge in [0, 0.05) is 37.7 Å². The number of ether oxygens (including phenoxy) is 1. The lowest BCUT2D eigenvalue weighted by molar-refractivity contribution is 0.0929. The second-order valence-electron chi connectivity index (χ2n) is 8.79. The molecule has 1 amide bonds. The number of nitrogens with one attached hydrogen (secondary N) is 1. The van der Waals surface area contributed by atoms with Crippen molar-refractivity contribution in [1.29, 1.82) is 0 Å². The van der Waals surface area contributed by atoms with Crippen molar-refractivity contribution in [3.63, 3.8) is 0 Å². The number of furan rings is 1. The normalized spacial score (nSPS) is 15.6. The lowest BCUT2D eigenvalue weighted by Crippen LogP contribution is -2.45. The van der Waals surface area contributed by atoms with Gasteiger partial charge in [0.05, 0.1) is 17.9 Å². The van der Waals surface area contributed by atoms with Gasteiger partial charge in [-0.15, -0.1) is 0 Å². The van der Waals surface area contributed by atoms with Gasteiger partial charge in [-0.05, 0) is 32.8 Å². The molecule has 1 saturated heterocycles. The number of hydrogen-bond donors (Lipinski definition) is 1. The Morgan fingerprint density at radius 3 is 2.48 bits per heavy atom. The largest absolute Gasteiger partial charge is 0.466 e. The molecule has 0 radical (unpaired) electrons. The Balaban J connectivity index is 1.66. The van der Waals surface area contributed by atoms with Crippen molar-refractivity contribution in [1.82, 2.24) is 15.3 Å². The standard InChI is InChI=1S/C22H32N4O3/c1-14-11-18(15(2)29-14)20(27)23-16-7-9-26(10-8-16)19-12-17(13-28-6)24-21(25-19)22(3,4)5/h11-12,16H,7-10,13H2,1-6H3,(H,23,27). The highest BCUT2D eigenvalue weighted by Crippen LogP contribution is 2.25. The number of rotatable bonds is 5. The second kappa shape index (κ2) is 8.53. The molecule has 1 aliphatic heterocycles. The summed E-state index contributed by atoms with van der Waals surface area (Å²) in [5.74, 6) is 3.12. The molecule has 2 aromatic heterocycles. The Morgan fingerprint density at radius 2 is 1.93 bits per heavy atom. The highest BCUT2D eigenvalue weighted by atomic mass is 16.5. The number of anilines is 1. The van der Waals surface area contributed by atoms with Crippen LogP contribution in [0.1, 0.15) is 67.0 Å². The van der Waals surface area contributed by atoms with Gasteiger partial charge in [0.25, 0.3) is 5.91 Å². The molecule has 2 aromatic rings. The summed E-state index contributed by atoms with van der Waals surface area (Å²) in [6.45, 7) is 12.2. The number of aromatic nitrogens is 2. The number of aryl methyl sites for hydroxylation is 2. The van der Waals surface area contributed by atoms with Crippen molar-refractivity contribution >= 4 is 11.7 Å². The quantitative estimate of drug-likeness (QED) is 0.827. The minimum absolute atomic E-state index is 0.0581. The molecule has 0 aromatic carbocycles. The molecule has 1 N–H and O–H groups in total. The van der Waals surface area contributed by atoms with Gasteiger partial charge in [0.15, 0.2) is 0 Å². The van der Waals surface area contributed by atoms with Gasteiger partial charge in [-0.3, -0.25) is 4.79 Å². The highest BCUT2D eigenvalue weighted by Gasteiger charge is 2.26. The summed E-state index contributed by atoms with van der Waals surface area (Å²) >= 11 is 0. The van der Waals surface area contributed by atoms with E-state index in [1.165, 1.54) is 0 Å². The molecule has 0 atom stereocenters. The fourth-order valence-corrected chi connectivity index (χ4v) is 3.57. The minimum Gasteiger partial charge on any atom is -0.466 e. The average molecular weight is 401 g/mol. The van der Waals surface area contributed by atoms with Crippen LogP contribution in [0.5, 0.6) is 0 Å². The maximum atomic E-state index is 12.6. The third-order valence-electron chi connectivity index (χ3n) is 5.17. The minimum atomic E-state index is -0.134. The number of piperidine rings is 1. The smallest absolute Gasteiger partial charge is 0.255 e. The van der Waals surface area contributed by atoms with Crippen LogP contribution < -0.4 is 10.2 Å². The molecule has 3 rings (SSSR count). The summed E-state index contributed by atoms with van der Waals surface area (Å²) in [6, 6.07) is 3.96. The molecule has 3 heterocycles. The molecule has 0 bridgehead atoms. The predicted molar refractivity (Wildman–Crippen MR) is 112 cm³/mol. The predicted octanol–water partition coefficient (Wildman–Crippen LogP) is 3.53. The Morgan fingerprint density at radius 1 is 1.24 bits per heavy atom. The first-order chi connectivity index (χ1) is 13.7. The molecule has 0 unspecified atom stereocenters. The van der Waals surface area contributed by atoms with Gasteiger partial charge in [0.2, 0.25) is 0 Å². The van der Waals surface area contributed by atoms with E-state index in [4.69, 9.17) is 14.1 Å². The van der Waals surface area contributed by atoms with Crippen molar-refractivity contribution in [2.45, 2.75) is 65.5 Å². The van der Waals surface area contributed by atoms with Crippen molar-refractivity contribution in [2.24, 2.45) is 0 Å². The summed E-state index contributed by atoms with van der Waals surface area (Å²) < 4.78 is 10.8. The third kappa shape index (κ3) is 5.15. The number of methoxy groups -OCH3 is 1. The van der Waals surface area contributed by atoms with E-state index in [0.29, 0.717) is 17.9 Å². The number of nitrogens with zero attached hydrogens (tertiary/aromatic N) is 3. The van der Waals surface area contributed by atoms with E-state index >= 15 is 0 Å². The van der Waals surface area contributed by atoms with Crippen LogP contribution in [0.4, 0.5) is 5.82 Å². The van der Waals surface area contributed by atoms with Crippen molar-refractivity contribution in [2.75, 3.05) is 25.1 Å². The molecule has 29 heavy (non-hydrogen) atoms. The van der Waals surface area contributed by atoms with Crippen molar-refractivity contribution < 1.29 is 13.9 Å². The van der Waals surface area contributed by atoms with Gasteiger partial charge >= 0.3 is 0 Å². The van der Waals surface area contributed by atoms with E-state index in [0.717, 1.165) is 49.0 Å². The Kier molecular flexibility index (Phi) is 6.27. The third-order valence-corrected chi connectivity index (χ3v) is 5.17. The summed E-state index contributed by atoms with van der Waals surface area (Å²) in [4.78, 5) is 24.3. The van der Waals surface area contributed by atoms with Crippen LogP contribution in [0.2, 0.25) is 0 Å². The first-order valence-electron chi connectivity index (χ1n) is 10.2. The van der Waals surface area contributed by atoms with E-state index in [1.54, 1.807) is 13.2 Å². The topological polar surface area (TPSA) is 80.5 Å². The Hall–Kier alpha value is -2.41. The van der Waals surface area contributed by atoms with Gasteiger partial charge in [0.1, 0.15) is 23.2 Å². The first kappa shape index (κ1) is 21.3. The van der Waals surface area contributed by atoms with Gasteiger partial charge in [-0.2, -0.15) is 0 Å².